The van der Waals surface area contributed by atoms with Gasteiger partial charge < -0.3 is 15.8 Å². The second kappa shape index (κ2) is 7.28. The van der Waals surface area contributed by atoms with Crippen LogP contribution in [-0.4, -0.2) is 34.5 Å². The van der Waals surface area contributed by atoms with Gasteiger partial charge in [0.15, 0.2) is 0 Å². The number of hydrogen-bond acceptors (Lipinski definition) is 5. The van der Waals surface area contributed by atoms with E-state index in [0.717, 1.165) is 5.56 Å². The van der Waals surface area contributed by atoms with Crippen molar-refractivity contribution in [2.45, 2.75) is 25.2 Å². The van der Waals surface area contributed by atoms with Gasteiger partial charge in [-0.2, -0.15) is 0 Å². The van der Waals surface area contributed by atoms with Crippen LogP contribution in [0.5, 0.6) is 5.75 Å². The molecule has 0 aliphatic rings. The van der Waals surface area contributed by atoms with Crippen molar-refractivity contribution in [1.82, 2.24) is 10.0 Å². The molecule has 0 aromatic heterocycles. The number of aryl methyl sites for hydroxylation is 1. The van der Waals surface area contributed by atoms with E-state index < -0.39 is 10.0 Å². The number of nitrogen functional groups attached to an aromatic ring is 1. The van der Waals surface area contributed by atoms with E-state index in [1.54, 1.807) is 19.9 Å². The molecule has 1 amide bonds. The van der Waals surface area contributed by atoms with Crippen molar-refractivity contribution >= 4 is 21.6 Å². The summed E-state index contributed by atoms with van der Waals surface area (Å²) in [5.41, 5.74) is 6.84. The van der Waals surface area contributed by atoms with E-state index in [0.29, 0.717) is 12.2 Å². The topological polar surface area (TPSA) is 111 Å². The molecule has 21 heavy (non-hydrogen) atoms. The van der Waals surface area contributed by atoms with Gasteiger partial charge in [0.2, 0.25) is 15.9 Å². The Morgan fingerprint density at radius 3 is 2.62 bits per heavy atom. The Morgan fingerprint density at radius 1 is 1.38 bits per heavy atom. The lowest BCUT2D eigenvalue weighted by Crippen LogP contribution is -2.30. The minimum atomic E-state index is -3.79. The lowest BCUT2D eigenvalue weighted by Gasteiger charge is -2.13. The second-order valence-corrected chi connectivity index (χ2v) is 6.20. The quantitative estimate of drug-likeness (QED) is 0.630. The largest absolute Gasteiger partial charge is 0.495 e. The highest BCUT2D eigenvalue weighted by molar-refractivity contribution is 7.89. The van der Waals surface area contributed by atoms with Crippen LogP contribution >= 0.6 is 0 Å². The van der Waals surface area contributed by atoms with E-state index in [-0.39, 0.29) is 29.5 Å². The molecule has 0 radical (unpaired) electrons. The molecule has 0 fully saturated rings. The number of hydrogen-bond donors (Lipinski definition) is 3. The molecule has 1 aromatic carbocycles. The first kappa shape index (κ1) is 17.3. The summed E-state index contributed by atoms with van der Waals surface area (Å²) in [5.74, 6) is 0.00259. The van der Waals surface area contributed by atoms with Gasteiger partial charge in [-0.25, -0.2) is 13.1 Å². The van der Waals surface area contributed by atoms with Crippen LogP contribution in [0.25, 0.3) is 0 Å². The Hall–Kier alpha value is -1.80. The number of nitrogens with one attached hydrogen (secondary N) is 2. The zero-order valence-electron chi connectivity index (χ0n) is 12.4. The fraction of sp³-hybridized carbons (Fsp3) is 0.462. The first-order valence-electron chi connectivity index (χ1n) is 6.52. The predicted octanol–water partition coefficient (Wildman–Crippen LogP) is 0.390. The first-order chi connectivity index (χ1) is 9.81. The summed E-state index contributed by atoms with van der Waals surface area (Å²) in [6.45, 7) is 4.07. The molecular weight excluding hydrogens is 294 g/mol. The lowest BCUT2D eigenvalue weighted by molar-refractivity contribution is -0.120. The van der Waals surface area contributed by atoms with Crippen LogP contribution in [0, 0.1) is 6.92 Å². The molecule has 1 aromatic rings. The normalized spacial score (nSPS) is 11.2. The lowest BCUT2D eigenvalue weighted by atomic mass is 10.2. The number of carbonyl (C=O) groups excluding carboxylic acids is 1. The highest BCUT2D eigenvalue weighted by Gasteiger charge is 2.20. The van der Waals surface area contributed by atoms with Gasteiger partial charge >= 0.3 is 0 Å². The molecule has 0 unspecified atom stereocenters. The SMILES string of the molecule is CCNC(=O)CCNS(=O)(=O)c1cc(N)c(C)cc1OC. The van der Waals surface area contributed by atoms with E-state index in [4.69, 9.17) is 10.5 Å². The first-order valence-corrected chi connectivity index (χ1v) is 8.00. The second-order valence-electron chi connectivity index (χ2n) is 4.46. The van der Waals surface area contributed by atoms with Gasteiger partial charge in [0.05, 0.1) is 7.11 Å². The fourth-order valence-corrected chi connectivity index (χ4v) is 2.92. The van der Waals surface area contributed by atoms with Gasteiger partial charge in [-0.1, -0.05) is 0 Å². The molecule has 0 saturated carbocycles. The maximum absolute atomic E-state index is 12.2. The van der Waals surface area contributed by atoms with Gasteiger partial charge in [-0.3, -0.25) is 4.79 Å². The Morgan fingerprint density at radius 2 is 2.05 bits per heavy atom. The third kappa shape index (κ3) is 4.61. The number of amides is 1. The summed E-state index contributed by atoms with van der Waals surface area (Å²) >= 11 is 0. The predicted molar refractivity (Wildman–Crippen MR) is 80.6 cm³/mol. The van der Waals surface area contributed by atoms with E-state index in [1.807, 2.05) is 0 Å². The number of methoxy groups -OCH3 is 1. The number of nitrogens with two attached hydrogens (primary N) is 1. The van der Waals surface area contributed by atoms with Crippen molar-refractivity contribution in [1.29, 1.82) is 0 Å². The van der Waals surface area contributed by atoms with Gasteiger partial charge in [0, 0.05) is 25.2 Å². The van der Waals surface area contributed by atoms with Crippen molar-refractivity contribution in [3.05, 3.63) is 17.7 Å². The van der Waals surface area contributed by atoms with E-state index >= 15 is 0 Å². The zero-order valence-corrected chi connectivity index (χ0v) is 13.2. The summed E-state index contributed by atoms with van der Waals surface area (Å²) in [4.78, 5) is 11.3. The molecule has 0 aliphatic heterocycles. The molecule has 7 nitrogen and oxygen atoms in total. The third-order valence-corrected chi connectivity index (χ3v) is 4.34. The van der Waals surface area contributed by atoms with E-state index in [9.17, 15) is 13.2 Å². The maximum Gasteiger partial charge on any atom is 0.244 e. The van der Waals surface area contributed by atoms with Gasteiger partial charge in [0.1, 0.15) is 10.6 Å². The van der Waals surface area contributed by atoms with Crippen LogP contribution in [0.4, 0.5) is 5.69 Å². The smallest absolute Gasteiger partial charge is 0.244 e. The van der Waals surface area contributed by atoms with Crippen LogP contribution in [-0.2, 0) is 14.8 Å². The summed E-state index contributed by atoms with van der Waals surface area (Å²) in [6.07, 6.45) is 0.0662. The van der Waals surface area contributed by atoms with Crippen LogP contribution in [0.3, 0.4) is 0 Å². The number of anilines is 1. The summed E-state index contributed by atoms with van der Waals surface area (Å²) in [7, 11) is -2.40. The minimum Gasteiger partial charge on any atom is -0.495 e. The molecule has 0 heterocycles. The molecule has 8 heteroatoms. The van der Waals surface area contributed by atoms with Crippen molar-refractivity contribution < 1.29 is 17.9 Å². The van der Waals surface area contributed by atoms with Crippen molar-refractivity contribution in [3.63, 3.8) is 0 Å². The molecule has 0 saturated heterocycles. The zero-order chi connectivity index (χ0) is 16.0. The van der Waals surface area contributed by atoms with Crippen LogP contribution in [0.2, 0.25) is 0 Å². The molecule has 0 bridgehead atoms. The number of sulfonamides is 1. The van der Waals surface area contributed by atoms with E-state index in [2.05, 4.69) is 10.0 Å². The van der Waals surface area contributed by atoms with Crippen molar-refractivity contribution in [3.8, 4) is 5.75 Å². The van der Waals surface area contributed by atoms with Crippen LogP contribution in [0.15, 0.2) is 17.0 Å². The number of benzene rings is 1. The Balaban J connectivity index is 2.88. The summed E-state index contributed by atoms with van der Waals surface area (Å²) in [5, 5.41) is 2.59. The number of carbonyl (C=O) groups is 1. The Bertz CT molecular complexity index is 614. The molecule has 118 valence electrons. The Labute approximate surface area is 124 Å². The molecule has 0 atom stereocenters. The number of ether oxygens (including phenoxy) is 1. The standard InChI is InChI=1S/C13H21N3O4S/c1-4-15-13(17)5-6-16-21(18,19)12-8-10(14)9(2)7-11(12)20-3/h7-8,16H,4-6,14H2,1-3H3,(H,15,17). The van der Waals surface area contributed by atoms with Gasteiger partial charge in [-0.05, 0) is 31.5 Å². The molecule has 4 N–H and O–H groups in total. The van der Waals surface area contributed by atoms with Crippen molar-refractivity contribution in [2.75, 3.05) is 25.9 Å². The van der Waals surface area contributed by atoms with E-state index in [1.165, 1.54) is 13.2 Å². The fourth-order valence-electron chi connectivity index (χ4n) is 1.71. The molecule has 0 aliphatic carbocycles. The highest BCUT2D eigenvalue weighted by Crippen LogP contribution is 2.28. The van der Waals surface area contributed by atoms with Crippen molar-refractivity contribution in [2.24, 2.45) is 0 Å². The highest BCUT2D eigenvalue weighted by atomic mass is 32.2. The monoisotopic (exact) mass is 315 g/mol. The van der Waals surface area contributed by atoms with Crippen LogP contribution < -0.4 is 20.5 Å². The summed E-state index contributed by atoms with van der Waals surface area (Å²) < 4.78 is 31.9. The summed E-state index contributed by atoms with van der Waals surface area (Å²) in [6, 6.07) is 2.91. The molecular formula is C13H21N3O4S. The van der Waals surface area contributed by atoms with Gasteiger partial charge in [0.25, 0.3) is 0 Å². The average Bonchev–Trinajstić information content (AvgIpc) is 2.41. The van der Waals surface area contributed by atoms with Crippen LogP contribution in [0.1, 0.15) is 18.9 Å². The molecule has 0 spiro atoms. The number of rotatable bonds is 7. The Kier molecular flexibility index (Phi) is 5.98. The van der Waals surface area contributed by atoms with Gasteiger partial charge in [-0.15, -0.1) is 0 Å². The minimum absolute atomic E-state index is 0.00506. The molecule has 1 rings (SSSR count). The maximum atomic E-state index is 12.2. The average molecular weight is 315 g/mol. The third-order valence-electron chi connectivity index (χ3n) is 2.86.